The average Bonchev–Trinajstić information content (AvgIpc) is 2.69. The molecule has 0 aliphatic heterocycles. The summed E-state index contributed by atoms with van der Waals surface area (Å²) in [6, 6.07) is 7.73. The number of carbonyl (C=O) groups is 2. The van der Waals surface area contributed by atoms with Gasteiger partial charge in [-0.1, -0.05) is 19.9 Å². The molecule has 8 heteroatoms. The summed E-state index contributed by atoms with van der Waals surface area (Å²) in [6.07, 6.45) is -1.29. The fraction of sp³-hybridized carbons (Fsp3) is 0.364. The van der Waals surface area contributed by atoms with Crippen LogP contribution in [0.3, 0.4) is 0 Å². The maximum atomic E-state index is 13.7. The number of esters is 1. The normalized spacial score (nSPS) is 11.7. The predicted octanol–water partition coefficient (Wildman–Crippen LogP) is 4.58. The summed E-state index contributed by atoms with van der Waals surface area (Å²) >= 11 is 0. The first-order chi connectivity index (χ1) is 14.2. The topological polar surface area (TPSA) is 73.9 Å². The van der Waals surface area contributed by atoms with Crippen LogP contribution >= 0.6 is 0 Å². The highest BCUT2D eigenvalue weighted by Crippen LogP contribution is 2.29. The van der Waals surface area contributed by atoms with Crippen molar-refractivity contribution < 1.29 is 32.6 Å². The van der Waals surface area contributed by atoms with Crippen LogP contribution in [-0.2, 0) is 9.53 Å². The minimum Gasteiger partial charge on any atom is -0.490 e. The highest BCUT2D eigenvalue weighted by molar-refractivity contribution is 5.97. The van der Waals surface area contributed by atoms with Crippen LogP contribution in [0.25, 0.3) is 0 Å². The number of hydrogen-bond donors (Lipinski definition) is 1. The van der Waals surface area contributed by atoms with Crippen LogP contribution in [0.5, 0.6) is 11.5 Å². The maximum absolute atomic E-state index is 13.7. The van der Waals surface area contributed by atoms with Crippen LogP contribution in [0, 0.1) is 17.6 Å². The molecule has 30 heavy (non-hydrogen) atoms. The first-order valence-corrected chi connectivity index (χ1v) is 9.58. The van der Waals surface area contributed by atoms with Crippen molar-refractivity contribution in [1.29, 1.82) is 0 Å². The van der Waals surface area contributed by atoms with E-state index in [1.807, 2.05) is 13.8 Å². The van der Waals surface area contributed by atoms with E-state index >= 15 is 0 Å². The van der Waals surface area contributed by atoms with Crippen molar-refractivity contribution in [3.63, 3.8) is 0 Å². The molecule has 2 aromatic carbocycles. The largest absolute Gasteiger partial charge is 0.490 e. The van der Waals surface area contributed by atoms with E-state index in [-0.39, 0.29) is 5.56 Å². The molecule has 0 aliphatic carbocycles. The van der Waals surface area contributed by atoms with Gasteiger partial charge in [-0.05, 0) is 50.1 Å². The standard InChI is InChI=1S/C22H25F2NO5/c1-5-28-19-11-15(9-10-18(19)29-12-13(2)3)22(27)30-14(4)21(26)25-20-16(23)7-6-8-17(20)24/h6-11,13-14H,5,12H2,1-4H3,(H,25,26)/t14-/m1/s1. The second kappa shape index (κ2) is 10.6. The molecule has 0 spiro atoms. The molecule has 2 rings (SSSR count). The summed E-state index contributed by atoms with van der Waals surface area (Å²) in [4.78, 5) is 24.6. The second-order valence-corrected chi connectivity index (χ2v) is 6.93. The number of benzene rings is 2. The molecule has 0 fully saturated rings. The number of carbonyl (C=O) groups excluding carboxylic acids is 2. The number of para-hydroxylation sites is 1. The van der Waals surface area contributed by atoms with E-state index < -0.39 is 35.3 Å². The number of ether oxygens (including phenoxy) is 3. The minimum atomic E-state index is -1.29. The number of nitrogens with one attached hydrogen (secondary N) is 1. The third kappa shape index (κ3) is 6.17. The van der Waals surface area contributed by atoms with Gasteiger partial charge in [0.15, 0.2) is 17.6 Å². The molecular weight excluding hydrogens is 396 g/mol. The first kappa shape index (κ1) is 23.1. The van der Waals surface area contributed by atoms with Crippen molar-refractivity contribution in [1.82, 2.24) is 0 Å². The van der Waals surface area contributed by atoms with Crippen molar-refractivity contribution in [2.24, 2.45) is 5.92 Å². The van der Waals surface area contributed by atoms with Crippen LogP contribution in [0.15, 0.2) is 36.4 Å². The van der Waals surface area contributed by atoms with E-state index in [0.717, 1.165) is 12.1 Å². The smallest absolute Gasteiger partial charge is 0.339 e. The molecule has 162 valence electrons. The Morgan fingerprint density at radius 2 is 1.67 bits per heavy atom. The second-order valence-electron chi connectivity index (χ2n) is 6.93. The van der Waals surface area contributed by atoms with Crippen LogP contribution in [0.1, 0.15) is 38.1 Å². The Bertz CT molecular complexity index is 881. The molecule has 0 saturated carbocycles. The van der Waals surface area contributed by atoms with Crippen LogP contribution in [0.4, 0.5) is 14.5 Å². The average molecular weight is 421 g/mol. The lowest BCUT2D eigenvalue weighted by atomic mass is 10.2. The Labute approximate surface area is 174 Å². The highest BCUT2D eigenvalue weighted by Gasteiger charge is 2.22. The fourth-order valence-electron chi connectivity index (χ4n) is 2.40. The molecule has 0 aliphatic rings. The number of hydrogen-bond acceptors (Lipinski definition) is 5. The molecule has 0 aromatic heterocycles. The summed E-state index contributed by atoms with van der Waals surface area (Å²) < 4.78 is 43.7. The first-order valence-electron chi connectivity index (χ1n) is 9.58. The zero-order chi connectivity index (χ0) is 22.3. The predicted molar refractivity (Wildman–Crippen MR) is 108 cm³/mol. The lowest BCUT2D eigenvalue weighted by molar-refractivity contribution is -0.123. The van der Waals surface area contributed by atoms with E-state index in [2.05, 4.69) is 5.32 Å². The van der Waals surface area contributed by atoms with Gasteiger partial charge in [-0.25, -0.2) is 13.6 Å². The molecule has 0 saturated heterocycles. The lowest BCUT2D eigenvalue weighted by Crippen LogP contribution is -2.30. The molecular formula is C22H25F2NO5. The quantitative estimate of drug-likeness (QED) is 0.600. The summed E-state index contributed by atoms with van der Waals surface area (Å²) in [5.74, 6) is -2.35. The molecule has 6 nitrogen and oxygen atoms in total. The van der Waals surface area contributed by atoms with Crippen molar-refractivity contribution in [2.45, 2.75) is 33.8 Å². The summed E-state index contributed by atoms with van der Waals surface area (Å²) in [7, 11) is 0. The van der Waals surface area contributed by atoms with Gasteiger partial charge in [0.2, 0.25) is 0 Å². The van der Waals surface area contributed by atoms with Gasteiger partial charge in [0.25, 0.3) is 5.91 Å². The van der Waals surface area contributed by atoms with Crippen molar-refractivity contribution >= 4 is 17.6 Å². The zero-order valence-corrected chi connectivity index (χ0v) is 17.3. The Hall–Kier alpha value is -3.16. The molecule has 0 radical (unpaired) electrons. The van der Waals surface area contributed by atoms with E-state index in [1.165, 1.54) is 25.1 Å². The number of rotatable bonds is 9. The number of anilines is 1. The molecule has 0 unspecified atom stereocenters. The van der Waals surface area contributed by atoms with Crippen molar-refractivity contribution in [3.05, 3.63) is 53.6 Å². The Kier molecular flexibility index (Phi) is 8.15. The van der Waals surface area contributed by atoms with Crippen LogP contribution in [0.2, 0.25) is 0 Å². The molecule has 1 atom stereocenters. The number of amides is 1. The molecule has 1 amide bonds. The molecule has 2 aromatic rings. The van der Waals surface area contributed by atoms with Crippen LogP contribution < -0.4 is 14.8 Å². The van der Waals surface area contributed by atoms with Gasteiger partial charge >= 0.3 is 5.97 Å². The summed E-state index contributed by atoms with van der Waals surface area (Å²) in [5.41, 5.74) is -0.456. The Morgan fingerprint density at radius 1 is 1.00 bits per heavy atom. The van der Waals surface area contributed by atoms with Crippen molar-refractivity contribution in [2.75, 3.05) is 18.5 Å². The van der Waals surface area contributed by atoms with E-state index in [1.54, 1.807) is 13.0 Å². The zero-order valence-electron chi connectivity index (χ0n) is 17.3. The fourth-order valence-corrected chi connectivity index (χ4v) is 2.40. The van der Waals surface area contributed by atoms with E-state index in [0.29, 0.717) is 30.6 Å². The van der Waals surface area contributed by atoms with Gasteiger partial charge in [0.05, 0.1) is 18.8 Å². The summed E-state index contributed by atoms with van der Waals surface area (Å²) in [6.45, 7) is 7.95. The SMILES string of the molecule is CCOc1cc(C(=O)O[C@H](C)C(=O)Nc2c(F)cccc2F)ccc1OCC(C)C. The van der Waals surface area contributed by atoms with Gasteiger partial charge in [0, 0.05) is 0 Å². The molecule has 0 heterocycles. The Balaban J connectivity index is 2.08. The third-order valence-electron chi connectivity index (χ3n) is 3.92. The minimum absolute atomic E-state index is 0.145. The Morgan fingerprint density at radius 3 is 2.27 bits per heavy atom. The maximum Gasteiger partial charge on any atom is 0.339 e. The molecule has 1 N–H and O–H groups in total. The van der Waals surface area contributed by atoms with Gasteiger partial charge in [-0.3, -0.25) is 4.79 Å². The monoisotopic (exact) mass is 421 g/mol. The van der Waals surface area contributed by atoms with Gasteiger partial charge in [-0.15, -0.1) is 0 Å². The van der Waals surface area contributed by atoms with E-state index in [9.17, 15) is 18.4 Å². The third-order valence-corrected chi connectivity index (χ3v) is 3.92. The molecule has 0 bridgehead atoms. The van der Waals surface area contributed by atoms with Gasteiger partial charge < -0.3 is 19.5 Å². The van der Waals surface area contributed by atoms with Gasteiger partial charge in [-0.2, -0.15) is 0 Å². The van der Waals surface area contributed by atoms with Crippen molar-refractivity contribution in [3.8, 4) is 11.5 Å². The number of halogens is 2. The lowest BCUT2D eigenvalue weighted by Gasteiger charge is -2.16. The van der Waals surface area contributed by atoms with E-state index in [4.69, 9.17) is 14.2 Å². The van der Waals surface area contributed by atoms with Gasteiger partial charge in [0.1, 0.15) is 17.3 Å². The van der Waals surface area contributed by atoms with Crippen LogP contribution in [-0.4, -0.2) is 31.2 Å². The summed E-state index contributed by atoms with van der Waals surface area (Å²) in [5, 5.41) is 2.09. The highest BCUT2D eigenvalue weighted by atomic mass is 19.1.